The van der Waals surface area contributed by atoms with Gasteiger partial charge < -0.3 is 15.5 Å². The number of carbonyl (C=O) groups is 1. The first kappa shape index (κ1) is 13.5. The summed E-state index contributed by atoms with van der Waals surface area (Å²) in [6.45, 7) is 3.80. The van der Waals surface area contributed by atoms with Crippen molar-refractivity contribution in [2.24, 2.45) is 0 Å². The highest BCUT2D eigenvalue weighted by Crippen LogP contribution is 2.23. The van der Waals surface area contributed by atoms with Gasteiger partial charge in [-0.15, -0.1) is 11.8 Å². The molecule has 0 atom stereocenters. The molecule has 5 heteroatoms. The van der Waals surface area contributed by atoms with E-state index in [9.17, 15) is 4.79 Å². The van der Waals surface area contributed by atoms with Gasteiger partial charge >= 0.3 is 0 Å². The molecule has 1 heterocycles. The highest BCUT2D eigenvalue weighted by molar-refractivity contribution is 8.00. The van der Waals surface area contributed by atoms with Gasteiger partial charge in [0, 0.05) is 16.3 Å². The van der Waals surface area contributed by atoms with Gasteiger partial charge in [0.25, 0.3) is 0 Å². The quantitative estimate of drug-likeness (QED) is 0.664. The molecular formula is C14H16N2O2S. The summed E-state index contributed by atoms with van der Waals surface area (Å²) in [7, 11) is 0. The average molecular weight is 276 g/mol. The minimum absolute atomic E-state index is 0.0431. The normalized spacial score (nSPS) is 10.4. The van der Waals surface area contributed by atoms with Gasteiger partial charge in [0.15, 0.2) is 0 Å². The molecule has 1 aromatic heterocycles. The number of furan rings is 1. The van der Waals surface area contributed by atoms with Crippen LogP contribution in [0, 0.1) is 13.8 Å². The van der Waals surface area contributed by atoms with Crippen molar-refractivity contribution in [1.29, 1.82) is 0 Å². The summed E-state index contributed by atoms with van der Waals surface area (Å²) < 4.78 is 5.18. The molecule has 2 rings (SSSR count). The standard InChI is InChI=1S/C14H16N2O2S/c1-9-7-11(15)3-4-12(9)16-14(17)8-19-13-5-6-18-10(13)2/h3-7H,8,15H2,1-2H3,(H,16,17). The molecule has 1 amide bonds. The first-order valence-electron chi connectivity index (χ1n) is 5.89. The van der Waals surface area contributed by atoms with Crippen LogP contribution in [-0.2, 0) is 4.79 Å². The zero-order valence-electron chi connectivity index (χ0n) is 10.9. The second-order valence-corrected chi connectivity index (χ2v) is 5.27. The lowest BCUT2D eigenvalue weighted by Crippen LogP contribution is -2.14. The third-order valence-corrected chi connectivity index (χ3v) is 3.84. The Balaban J connectivity index is 1.93. The van der Waals surface area contributed by atoms with Crippen LogP contribution >= 0.6 is 11.8 Å². The fraction of sp³-hybridized carbons (Fsp3) is 0.214. The summed E-state index contributed by atoms with van der Waals surface area (Å²) in [5, 5.41) is 2.87. The van der Waals surface area contributed by atoms with E-state index in [2.05, 4.69) is 5.32 Å². The molecule has 0 bridgehead atoms. The van der Waals surface area contributed by atoms with Crippen LogP contribution in [0.5, 0.6) is 0 Å². The minimum Gasteiger partial charge on any atom is -0.468 e. The van der Waals surface area contributed by atoms with E-state index in [-0.39, 0.29) is 5.91 Å². The van der Waals surface area contributed by atoms with Crippen molar-refractivity contribution in [3.8, 4) is 0 Å². The number of anilines is 2. The number of aryl methyl sites for hydroxylation is 2. The Morgan fingerprint density at radius 1 is 1.37 bits per heavy atom. The smallest absolute Gasteiger partial charge is 0.234 e. The van der Waals surface area contributed by atoms with Gasteiger partial charge in [0.2, 0.25) is 5.91 Å². The summed E-state index contributed by atoms with van der Waals surface area (Å²) in [5.41, 5.74) is 8.12. The lowest BCUT2D eigenvalue weighted by molar-refractivity contribution is -0.113. The van der Waals surface area contributed by atoms with Crippen molar-refractivity contribution in [1.82, 2.24) is 0 Å². The van der Waals surface area contributed by atoms with E-state index in [1.54, 1.807) is 12.3 Å². The summed E-state index contributed by atoms with van der Waals surface area (Å²) in [5.74, 6) is 1.14. The van der Waals surface area contributed by atoms with Crippen molar-refractivity contribution in [3.63, 3.8) is 0 Å². The number of nitrogens with two attached hydrogens (primary N) is 1. The number of thioether (sulfide) groups is 1. The van der Waals surface area contributed by atoms with E-state index >= 15 is 0 Å². The Morgan fingerprint density at radius 2 is 2.16 bits per heavy atom. The monoisotopic (exact) mass is 276 g/mol. The molecule has 0 aliphatic carbocycles. The van der Waals surface area contributed by atoms with Crippen LogP contribution in [0.4, 0.5) is 11.4 Å². The van der Waals surface area contributed by atoms with Crippen LogP contribution in [0.2, 0.25) is 0 Å². The summed E-state index contributed by atoms with van der Waals surface area (Å²) in [4.78, 5) is 12.9. The van der Waals surface area contributed by atoms with Crippen LogP contribution in [-0.4, -0.2) is 11.7 Å². The van der Waals surface area contributed by atoms with Gasteiger partial charge in [-0.1, -0.05) is 0 Å². The molecule has 4 nitrogen and oxygen atoms in total. The van der Waals surface area contributed by atoms with Gasteiger partial charge in [-0.2, -0.15) is 0 Å². The first-order valence-corrected chi connectivity index (χ1v) is 6.87. The Hall–Kier alpha value is -1.88. The molecule has 0 unspecified atom stereocenters. The van der Waals surface area contributed by atoms with Crippen molar-refractivity contribution in [2.45, 2.75) is 18.7 Å². The second-order valence-electron chi connectivity index (χ2n) is 4.25. The predicted octanol–water partition coefficient (Wildman–Crippen LogP) is 3.21. The van der Waals surface area contributed by atoms with E-state index in [4.69, 9.17) is 10.2 Å². The third-order valence-electron chi connectivity index (χ3n) is 2.69. The van der Waals surface area contributed by atoms with Crippen LogP contribution in [0.1, 0.15) is 11.3 Å². The topological polar surface area (TPSA) is 68.3 Å². The highest BCUT2D eigenvalue weighted by Gasteiger charge is 2.08. The van der Waals surface area contributed by atoms with E-state index in [1.807, 2.05) is 32.0 Å². The van der Waals surface area contributed by atoms with Gasteiger partial charge in [0.1, 0.15) is 5.76 Å². The van der Waals surface area contributed by atoms with Crippen LogP contribution in [0.25, 0.3) is 0 Å². The summed E-state index contributed by atoms with van der Waals surface area (Å²) in [6.07, 6.45) is 1.62. The maximum Gasteiger partial charge on any atom is 0.234 e. The predicted molar refractivity (Wildman–Crippen MR) is 78.4 cm³/mol. The SMILES string of the molecule is Cc1cc(N)ccc1NC(=O)CSc1ccoc1C. The van der Waals surface area contributed by atoms with E-state index in [0.29, 0.717) is 11.4 Å². The average Bonchev–Trinajstić information content (AvgIpc) is 2.76. The molecule has 0 saturated heterocycles. The Labute approximate surface area is 116 Å². The molecule has 3 N–H and O–H groups in total. The van der Waals surface area contributed by atoms with Crippen LogP contribution in [0.3, 0.4) is 0 Å². The largest absolute Gasteiger partial charge is 0.468 e. The Morgan fingerprint density at radius 3 is 2.79 bits per heavy atom. The number of hydrogen-bond acceptors (Lipinski definition) is 4. The molecule has 0 aliphatic heterocycles. The van der Waals surface area contributed by atoms with Crippen LogP contribution < -0.4 is 11.1 Å². The number of amides is 1. The summed E-state index contributed by atoms with van der Waals surface area (Å²) >= 11 is 1.46. The molecule has 100 valence electrons. The van der Waals surface area contributed by atoms with Gasteiger partial charge in [-0.25, -0.2) is 0 Å². The zero-order valence-corrected chi connectivity index (χ0v) is 11.7. The van der Waals surface area contributed by atoms with E-state index in [1.165, 1.54) is 11.8 Å². The van der Waals surface area contributed by atoms with Gasteiger partial charge in [-0.3, -0.25) is 4.79 Å². The number of benzene rings is 1. The lowest BCUT2D eigenvalue weighted by atomic mass is 10.2. The molecule has 0 saturated carbocycles. The molecule has 0 radical (unpaired) electrons. The minimum atomic E-state index is -0.0431. The number of nitrogen functional groups attached to an aromatic ring is 1. The Bertz CT molecular complexity index is 593. The summed E-state index contributed by atoms with van der Waals surface area (Å²) in [6, 6.07) is 7.29. The highest BCUT2D eigenvalue weighted by atomic mass is 32.2. The van der Waals surface area contributed by atoms with Crippen molar-refractivity contribution in [3.05, 3.63) is 41.9 Å². The maximum atomic E-state index is 11.9. The fourth-order valence-corrected chi connectivity index (χ4v) is 2.44. The van der Waals surface area contributed by atoms with Crippen molar-refractivity contribution < 1.29 is 9.21 Å². The van der Waals surface area contributed by atoms with E-state index < -0.39 is 0 Å². The van der Waals surface area contributed by atoms with Gasteiger partial charge in [0.05, 0.1) is 12.0 Å². The lowest BCUT2D eigenvalue weighted by Gasteiger charge is -2.08. The second kappa shape index (κ2) is 5.84. The van der Waals surface area contributed by atoms with Crippen molar-refractivity contribution >= 4 is 29.0 Å². The first-order chi connectivity index (χ1) is 9.06. The molecule has 19 heavy (non-hydrogen) atoms. The number of carbonyl (C=O) groups excluding carboxylic acids is 1. The molecular weight excluding hydrogens is 260 g/mol. The molecule has 1 aromatic carbocycles. The fourth-order valence-electron chi connectivity index (χ4n) is 1.68. The van der Waals surface area contributed by atoms with Crippen LogP contribution in [0.15, 0.2) is 39.8 Å². The van der Waals surface area contributed by atoms with E-state index in [0.717, 1.165) is 21.9 Å². The number of hydrogen-bond donors (Lipinski definition) is 2. The zero-order chi connectivity index (χ0) is 13.8. The molecule has 0 fully saturated rings. The molecule has 0 spiro atoms. The molecule has 2 aromatic rings. The third kappa shape index (κ3) is 3.54. The number of rotatable bonds is 4. The van der Waals surface area contributed by atoms with Gasteiger partial charge in [-0.05, 0) is 43.7 Å². The van der Waals surface area contributed by atoms with Crippen molar-refractivity contribution in [2.75, 3.05) is 16.8 Å². The number of nitrogens with one attached hydrogen (secondary N) is 1. The maximum absolute atomic E-state index is 11.9. The Kier molecular flexibility index (Phi) is 4.16. The molecule has 0 aliphatic rings.